The Bertz CT molecular complexity index is 2080. The van der Waals surface area contributed by atoms with Crippen LogP contribution >= 0.6 is 15.9 Å². The lowest BCUT2D eigenvalue weighted by Crippen LogP contribution is -2.14. The molecule has 1 heterocycles. The number of hydrogen-bond acceptors (Lipinski definition) is 2. The second-order valence-electron chi connectivity index (χ2n) is 11.2. The third-order valence-electron chi connectivity index (χ3n) is 8.37. The highest BCUT2D eigenvalue weighted by molar-refractivity contribution is 9.10. The van der Waals surface area contributed by atoms with Crippen molar-refractivity contribution in [3.8, 4) is 5.69 Å². The van der Waals surface area contributed by atoms with Crippen molar-refractivity contribution < 1.29 is 0 Å². The number of para-hydroxylation sites is 5. The SMILES string of the molecule is Brc1cccc2c1c1ccccc1n2-c1cc(N(c2ccccc2)c2ccccc2)cc(N(c2ccccc2)c2ccccc2)c1. The van der Waals surface area contributed by atoms with E-state index in [9.17, 15) is 0 Å². The van der Waals surface area contributed by atoms with E-state index in [4.69, 9.17) is 0 Å². The zero-order valence-electron chi connectivity index (χ0n) is 25.0. The van der Waals surface area contributed by atoms with Gasteiger partial charge in [-0.25, -0.2) is 0 Å². The summed E-state index contributed by atoms with van der Waals surface area (Å²) in [7, 11) is 0. The molecule has 0 spiro atoms. The van der Waals surface area contributed by atoms with Crippen LogP contribution in [0.25, 0.3) is 27.5 Å². The number of nitrogens with zero attached hydrogens (tertiary/aromatic N) is 3. The average Bonchev–Trinajstić information content (AvgIpc) is 3.46. The van der Waals surface area contributed by atoms with Crippen LogP contribution in [0.2, 0.25) is 0 Å². The van der Waals surface area contributed by atoms with Crippen LogP contribution in [0.5, 0.6) is 0 Å². The van der Waals surface area contributed by atoms with Crippen molar-refractivity contribution in [1.82, 2.24) is 4.57 Å². The van der Waals surface area contributed by atoms with Crippen molar-refractivity contribution in [2.45, 2.75) is 0 Å². The zero-order valence-corrected chi connectivity index (χ0v) is 26.6. The molecule has 0 aliphatic rings. The molecule has 0 unspecified atom stereocenters. The molecule has 220 valence electrons. The highest BCUT2D eigenvalue weighted by atomic mass is 79.9. The quantitative estimate of drug-likeness (QED) is 0.169. The third kappa shape index (κ3) is 5.03. The van der Waals surface area contributed by atoms with Gasteiger partial charge in [-0.2, -0.15) is 0 Å². The third-order valence-corrected chi connectivity index (χ3v) is 9.03. The Balaban J connectivity index is 1.47. The maximum absolute atomic E-state index is 3.87. The summed E-state index contributed by atoms with van der Waals surface area (Å²) in [4.78, 5) is 4.68. The minimum Gasteiger partial charge on any atom is -0.310 e. The molecule has 0 saturated heterocycles. The Labute approximate surface area is 277 Å². The van der Waals surface area contributed by atoms with Crippen LogP contribution in [0.15, 0.2) is 186 Å². The molecule has 4 heteroatoms. The summed E-state index contributed by atoms with van der Waals surface area (Å²) in [5, 5.41) is 2.42. The molecular weight excluding hydrogens is 626 g/mol. The second-order valence-corrected chi connectivity index (χ2v) is 12.1. The Hall–Kier alpha value is -5.58. The lowest BCUT2D eigenvalue weighted by Gasteiger charge is -2.30. The molecule has 7 aromatic carbocycles. The van der Waals surface area contributed by atoms with Gasteiger partial charge >= 0.3 is 0 Å². The number of hydrogen-bond donors (Lipinski definition) is 0. The van der Waals surface area contributed by atoms with Crippen molar-refractivity contribution in [2.75, 3.05) is 9.80 Å². The lowest BCUT2D eigenvalue weighted by molar-refractivity contribution is 1.16. The van der Waals surface area contributed by atoms with Crippen molar-refractivity contribution in [3.63, 3.8) is 0 Å². The van der Waals surface area contributed by atoms with Gasteiger partial charge in [0, 0.05) is 38.0 Å². The van der Waals surface area contributed by atoms with Crippen LogP contribution in [0.4, 0.5) is 34.1 Å². The minimum atomic E-state index is 1.06. The van der Waals surface area contributed by atoms with Crippen molar-refractivity contribution >= 4 is 71.9 Å². The lowest BCUT2D eigenvalue weighted by atomic mass is 10.1. The van der Waals surface area contributed by atoms with Crippen LogP contribution in [-0.2, 0) is 0 Å². The van der Waals surface area contributed by atoms with Crippen LogP contribution in [0, 0.1) is 0 Å². The van der Waals surface area contributed by atoms with E-state index in [1.807, 2.05) is 0 Å². The summed E-state index contributed by atoms with van der Waals surface area (Å²) < 4.78 is 3.48. The minimum absolute atomic E-state index is 1.06. The van der Waals surface area contributed by atoms with E-state index in [2.05, 4.69) is 212 Å². The molecule has 46 heavy (non-hydrogen) atoms. The van der Waals surface area contributed by atoms with Gasteiger partial charge < -0.3 is 14.4 Å². The van der Waals surface area contributed by atoms with E-state index in [1.54, 1.807) is 0 Å². The van der Waals surface area contributed by atoms with Crippen LogP contribution in [0.3, 0.4) is 0 Å². The van der Waals surface area contributed by atoms with Crippen molar-refractivity contribution in [1.29, 1.82) is 0 Å². The van der Waals surface area contributed by atoms with Gasteiger partial charge in [0.15, 0.2) is 0 Å². The molecule has 0 atom stereocenters. The molecule has 0 bridgehead atoms. The molecular formula is C42H30BrN3. The van der Waals surface area contributed by atoms with Crippen LogP contribution < -0.4 is 9.80 Å². The Morgan fingerprint density at radius 3 is 1.26 bits per heavy atom. The summed E-state index contributed by atoms with van der Waals surface area (Å²) in [6.45, 7) is 0. The normalized spacial score (nSPS) is 11.2. The van der Waals surface area contributed by atoms with E-state index in [-0.39, 0.29) is 0 Å². The number of halogens is 1. The highest BCUT2D eigenvalue weighted by Gasteiger charge is 2.21. The van der Waals surface area contributed by atoms with E-state index in [0.29, 0.717) is 0 Å². The average molecular weight is 657 g/mol. The second kappa shape index (κ2) is 12.1. The largest absolute Gasteiger partial charge is 0.310 e. The monoisotopic (exact) mass is 655 g/mol. The fourth-order valence-corrected chi connectivity index (χ4v) is 6.99. The molecule has 8 aromatic rings. The summed E-state index contributed by atoms with van der Waals surface area (Å²) in [5.74, 6) is 0. The number of fused-ring (bicyclic) bond motifs is 3. The fraction of sp³-hybridized carbons (Fsp3) is 0. The maximum atomic E-state index is 3.87. The van der Waals surface area contributed by atoms with Crippen molar-refractivity contribution in [3.05, 3.63) is 186 Å². The first kappa shape index (κ1) is 27.9. The van der Waals surface area contributed by atoms with Gasteiger partial charge in [-0.3, -0.25) is 0 Å². The number of rotatable bonds is 7. The molecule has 0 aliphatic carbocycles. The number of aromatic nitrogens is 1. The first-order valence-electron chi connectivity index (χ1n) is 15.4. The van der Waals surface area contributed by atoms with Gasteiger partial charge in [0.1, 0.15) is 0 Å². The Kier molecular flexibility index (Phi) is 7.33. The first-order valence-corrected chi connectivity index (χ1v) is 16.2. The Morgan fingerprint density at radius 1 is 0.370 bits per heavy atom. The van der Waals surface area contributed by atoms with E-state index >= 15 is 0 Å². The van der Waals surface area contributed by atoms with Crippen molar-refractivity contribution in [2.24, 2.45) is 0 Å². The summed E-state index contributed by atoms with van der Waals surface area (Å²) >= 11 is 3.87. The molecule has 0 saturated carbocycles. The molecule has 8 rings (SSSR count). The smallest absolute Gasteiger partial charge is 0.0552 e. The Morgan fingerprint density at radius 2 is 0.783 bits per heavy atom. The van der Waals surface area contributed by atoms with E-state index < -0.39 is 0 Å². The predicted molar refractivity (Wildman–Crippen MR) is 198 cm³/mol. The number of anilines is 6. The topological polar surface area (TPSA) is 11.4 Å². The summed E-state index contributed by atoms with van der Waals surface area (Å²) in [6, 6.07) is 64.4. The standard InChI is InChI=1S/C42H30BrN3/c43-39-25-15-27-41-42(39)38-24-13-14-26-40(38)46(41)37-29-35(44(31-16-5-1-6-17-31)32-18-7-2-8-19-32)28-36(30-37)45(33-20-9-3-10-21-33)34-22-11-4-12-23-34/h1-30H. The fourth-order valence-electron chi connectivity index (χ4n) is 6.42. The summed E-state index contributed by atoms with van der Waals surface area (Å²) in [6.07, 6.45) is 0. The summed E-state index contributed by atoms with van der Waals surface area (Å²) in [5.41, 5.74) is 9.86. The molecule has 3 nitrogen and oxygen atoms in total. The first-order chi connectivity index (χ1) is 22.8. The molecule has 1 aromatic heterocycles. The number of benzene rings is 7. The van der Waals surface area contributed by atoms with Gasteiger partial charge in [-0.1, -0.05) is 113 Å². The van der Waals surface area contributed by atoms with Gasteiger partial charge in [0.05, 0.1) is 28.1 Å². The van der Waals surface area contributed by atoms with Crippen LogP contribution in [-0.4, -0.2) is 4.57 Å². The van der Waals surface area contributed by atoms with Crippen LogP contribution in [0.1, 0.15) is 0 Å². The maximum Gasteiger partial charge on any atom is 0.0552 e. The van der Waals surface area contributed by atoms with Gasteiger partial charge in [-0.05, 0) is 84.9 Å². The van der Waals surface area contributed by atoms with E-state index in [1.165, 1.54) is 10.8 Å². The molecule has 0 fully saturated rings. The highest BCUT2D eigenvalue weighted by Crippen LogP contribution is 2.44. The van der Waals surface area contributed by atoms with Gasteiger partial charge in [0.25, 0.3) is 0 Å². The van der Waals surface area contributed by atoms with E-state index in [0.717, 1.165) is 55.3 Å². The van der Waals surface area contributed by atoms with Gasteiger partial charge in [0.2, 0.25) is 0 Å². The zero-order chi connectivity index (χ0) is 30.9. The molecule has 0 radical (unpaired) electrons. The molecule has 0 N–H and O–H groups in total. The molecule has 0 aliphatic heterocycles. The molecule has 0 amide bonds. The predicted octanol–water partition coefficient (Wildman–Crippen LogP) is 12.5. The van der Waals surface area contributed by atoms with Gasteiger partial charge in [-0.15, -0.1) is 0 Å².